The molecule has 6 nitrogen and oxygen atoms in total. The van der Waals surface area contributed by atoms with E-state index in [-0.39, 0.29) is 33.4 Å². The zero-order valence-corrected chi connectivity index (χ0v) is 17.1. The number of halogens is 4. The van der Waals surface area contributed by atoms with E-state index in [1.807, 2.05) is 0 Å². The molecule has 0 saturated heterocycles. The first kappa shape index (κ1) is 20.9. The molecule has 1 amide bonds. The fraction of sp³-hybridized carbons (Fsp3) is 0.0476. The van der Waals surface area contributed by atoms with Crippen LogP contribution in [0.4, 0.5) is 14.5 Å². The molecule has 0 radical (unpaired) electrons. The lowest BCUT2D eigenvalue weighted by Gasteiger charge is -2.07. The first-order valence-corrected chi connectivity index (χ1v) is 9.64. The number of ketones is 1. The molecule has 3 aromatic heterocycles. The number of hydrogen-bond acceptors (Lipinski definition) is 4. The summed E-state index contributed by atoms with van der Waals surface area (Å²) >= 11 is 12.0. The highest BCUT2D eigenvalue weighted by molar-refractivity contribution is 6.50. The van der Waals surface area contributed by atoms with Crippen molar-refractivity contribution in [3.63, 3.8) is 0 Å². The summed E-state index contributed by atoms with van der Waals surface area (Å²) in [6, 6.07) is 6.71. The molecule has 0 atom stereocenters. The van der Waals surface area contributed by atoms with Crippen molar-refractivity contribution in [1.29, 1.82) is 0 Å². The minimum absolute atomic E-state index is 0.0126. The van der Waals surface area contributed by atoms with Crippen LogP contribution in [0.3, 0.4) is 0 Å². The Balaban J connectivity index is 1.71. The molecule has 0 saturated carbocycles. The number of carbonyl (C=O) groups excluding carboxylic acids is 2. The summed E-state index contributed by atoms with van der Waals surface area (Å²) in [6.07, 6.45) is 5.35. The van der Waals surface area contributed by atoms with Crippen LogP contribution in [0.5, 0.6) is 0 Å². The van der Waals surface area contributed by atoms with Crippen molar-refractivity contribution in [3.8, 4) is 0 Å². The molecule has 3 heterocycles. The molecular formula is C21H12Cl2F2N4O2. The Morgan fingerprint density at radius 3 is 2.39 bits per heavy atom. The van der Waals surface area contributed by atoms with Gasteiger partial charge in [-0.3, -0.25) is 14.6 Å². The van der Waals surface area contributed by atoms with Crippen molar-refractivity contribution in [3.05, 3.63) is 87.9 Å². The Morgan fingerprint density at radius 2 is 1.71 bits per heavy atom. The van der Waals surface area contributed by atoms with E-state index in [2.05, 4.69) is 15.3 Å². The van der Waals surface area contributed by atoms with Crippen molar-refractivity contribution < 1.29 is 18.4 Å². The van der Waals surface area contributed by atoms with Crippen molar-refractivity contribution in [2.45, 2.75) is 6.54 Å². The number of rotatable bonds is 5. The molecule has 1 N–H and O–H groups in total. The summed E-state index contributed by atoms with van der Waals surface area (Å²) in [5.41, 5.74) is 0.163. The lowest BCUT2D eigenvalue weighted by atomic mass is 10.1. The van der Waals surface area contributed by atoms with Gasteiger partial charge in [0.05, 0.1) is 27.8 Å². The molecule has 4 aromatic rings. The Kier molecular flexibility index (Phi) is 5.67. The number of carbonyl (C=O) groups is 2. The van der Waals surface area contributed by atoms with Crippen molar-refractivity contribution in [2.24, 2.45) is 0 Å². The molecule has 0 bridgehead atoms. The minimum atomic E-state index is -0.991. The number of nitrogens with one attached hydrogen (secondary N) is 1. The van der Waals surface area contributed by atoms with E-state index >= 15 is 0 Å². The SMILES string of the molecule is O=C(Nc1c(Cl)cncc1Cl)C(=O)c1cn(Cc2c(F)cccc2F)c2ncccc12. The van der Waals surface area contributed by atoms with E-state index in [4.69, 9.17) is 23.2 Å². The summed E-state index contributed by atoms with van der Waals surface area (Å²) in [5, 5.41) is 2.86. The summed E-state index contributed by atoms with van der Waals surface area (Å²) < 4.78 is 29.6. The molecular weight excluding hydrogens is 449 g/mol. The molecule has 31 heavy (non-hydrogen) atoms. The quantitative estimate of drug-likeness (QED) is 0.339. The first-order chi connectivity index (χ1) is 14.9. The molecule has 4 rings (SSSR count). The van der Waals surface area contributed by atoms with E-state index in [9.17, 15) is 18.4 Å². The van der Waals surface area contributed by atoms with Crippen molar-refractivity contribution >= 4 is 51.6 Å². The largest absolute Gasteiger partial charge is 0.327 e. The molecule has 10 heteroatoms. The standard InChI is InChI=1S/C21H12Cl2F2N4O2/c22-14-7-26-8-15(23)18(14)28-21(31)19(30)12-9-29(20-11(12)3-2-6-27-20)10-13-16(24)4-1-5-17(13)25/h1-9H,10H2,(H,26,28,31). The van der Waals surface area contributed by atoms with Crippen LogP contribution < -0.4 is 5.32 Å². The highest BCUT2D eigenvalue weighted by Gasteiger charge is 2.24. The van der Waals surface area contributed by atoms with Crippen LogP contribution in [-0.4, -0.2) is 26.2 Å². The molecule has 0 aliphatic heterocycles. The lowest BCUT2D eigenvalue weighted by molar-refractivity contribution is -0.112. The summed E-state index contributed by atoms with van der Waals surface area (Å²) in [6.45, 7) is -0.219. The molecule has 156 valence electrons. The van der Waals surface area contributed by atoms with Crippen LogP contribution in [-0.2, 0) is 11.3 Å². The molecule has 0 aliphatic carbocycles. The maximum absolute atomic E-state index is 14.1. The molecule has 0 unspecified atom stereocenters. The monoisotopic (exact) mass is 460 g/mol. The number of aromatic nitrogens is 3. The second-order valence-electron chi connectivity index (χ2n) is 6.51. The normalized spacial score (nSPS) is 11.0. The van der Waals surface area contributed by atoms with Gasteiger partial charge >= 0.3 is 0 Å². The number of nitrogens with zero attached hydrogens (tertiary/aromatic N) is 3. The zero-order chi connectivity index (χ0) is 22.1. The van der Waals surface area contributed by atoms with Gasteiger partial charge in [0, 0.05) is 35.7 Å². The van der Waals surface area contributed by atoms with E-state index < -0.39 is 23.3 Å². The molecule has 1 aromatic carbocycles. The van der Waals surface area contributed by atoms with Crippen LogP contribution in [0.25, 0.3) is 11.0 Å². The third-order valence-corrected chi connectivity index (χ3v) is 5.14. The lowest BCUT2D eigenvalue weighted by Crippen LogP contribution is -2.23. The van der Waals surface area contributed by atoms with Gasteiger partial charge in [-0.05, 0) is 24.3 Å². The fourth-order valence-corrected chi connectivity index (χ4v) is 3.56. The van der Waals surface area contributed by atoms with Crippen LogP contribution >= 0.6 is 23.2 Å². The van der Waals surface area contributed by atoms with Crippen LogP contribution in [0, 0.1) is 11.6 Å². The van der Waals surface area contributed by atoms with Crippen molar-refractivity contribution in [2.75, 3.05) is 5.32 Å². The van der Waals surface area contributed by atoms with E-state index in [0.29, 0.717) is 11.0 Å². The Bertz CT molecular complexity index is 1300. The number of hydrogen-bond donors (Lipinski definition) is 1. The third kappa shape index (κ3) is 3.99. The van der Waals surface area contributed by atoms with Gasteiger partial charge in [-0.2, -0.15) is 0 Å². The van der Waals surface area contributed by atoms with Gasteiger partial charge in [0.15, 0.2) is 0 Å². The fourth-order valence-electron chi connectivity index (χ4n) is 3.10. The summed E-state index contributed by atoms with van der Waals surface area (Å²) in [7, 11) is 0. The Morgan fingerprint density at radius 1 is 1.03 bits per heavy atom. The van der Waals surface area contributed by atoms with Crippen LogP contribution in [0.1, 0.15) is 15.9 Å². The number of benzene rings is 1. The zero-order valence-electron chi connectivity index (χ0n) is 15.6. The average Bonchev–Trinajstić information content (AvgIpc) is 3.11. The van der Waals surface area contributed by atoms with Gasteiger partial charge in [0.25, 0.3) is 11.7 Å². The molecule has 0 fully saturated rings. The maximum atomic E-state index is 14.1. The Labute approximate surface area is 184 Å². The number of amides is 1. The second-order valence-corrected chi connectivity index (χ2v) is 7.32. The summed E-state index contributed by atoms with van der Waals surface area (Å²) in [5.74, 6) is -3.35. The van der Waals surface area contributed by atoms with Gasteiger partial charge < -0.3 is 9.88 Å². The molecule has 0 aliphatic rings. The van der Waals surface area contributed by atoms with Gasteiger partial charge in [0.1, 0.15) is 17.3 Å². The maximum Gasteiger partial charge on any atom is 0.296 e. The van der Waals surface area contributed by atoms with Gasteiger partial charge in [-0.15, -0.1) is 0 Å². The second kappa shape index (κ2) is 8.41. The third-order valence-electron chi connectivity index (χ3n) is 4.57. The van der Waals surface area contributed by atoms with E-state index in [1.165, 1.54) is 35.4 Å². The highest BCUT2D eigenvalue weighted by atomic mass is 35.5. The number of Topliss-reactive ketones (excluding diaryl/α,β-unsaturated/α-hetero) is 1. The Hall–Kier alpha value is -3.36. The number of anilines is 1. The average molecular weight is 461 g/mol. The van der Waals surface area contributed by atoms with E-state index in [1.54, 1.807) is 12.1 Å². The van der Waals surface area contributed by atoms with E-state index in [0.717, 1.165) is 12.1 Å². The highest BCUT2D eigenvalue weighted by Crippen LogP contribution is 2.29. The van der Waals surface area contributed by atoms with Gasteiger partial charge in [0.2, 0.25) is 0 Å². The summed E-state index contributed by atoms with van der Waals surface area (Å²) in [4.78, 5) is 33.4. The van der Waals surface area contributed by atoms with Gasteiger partial charge in [-0.1, -0.05) is 29.3 Å². The first-order valence-electron chi connectivity index (χ1n) is 8.88. The predicted molar refractivity (Wildman–Crippen MR) is 112 cm³/mol. The minimum Gasteiger partial charge on any atom is -0.327 e. The molecule has 0 spiro atoms. The van der Waals surface area contributed by atoms with Gasteiger partial charge in [-0.25, -0.2) is 13.8 Å². The topological polar surface area (TPSA) is 76.9 Å². The number of pyridine rings is 2. The predicted octanol–water partition coefficient (Wildman–Crippen LogP) is 4.89. The van der Waals surface area contributed by atoms with Crippen LogP contribution in [0.2, 0.25) is 10.0 Å². The smallest absolute Gasteiger partial charge is 0.296 e. The van der Waals surface area contributed by atoms with Crippen molar-refractivity contribution in [1.82, 2.24) is 14.5 Å². The number of fused-ring (bicyclic) bond motifs is 1. The van der Waals surface area contributed by atoms with Crippen LogP contribution in [0.15, 0.2) is 55.1 Å².